The fourth-order valence-electron chi connectivity index (χ4n) is 1.66. The van der Waals surface area contributed by atoms with E-state index in [0.717, 1.165) is 6.07 Å². The molecule has 6 heteroatoms. The van der Waals surface area contributed by atoms with Crippen molar-refractivity contribution in [1.82, 2.24) is 0 Å². The zero-order valence-corrected chi connectivity index (χ0v) is 12.2. The Morgan fingerprint density at radius 1 is 1.16 bits per heavy atom. The van der Waals surface area contributed by atoms with Crippen molar-refractivity contribution in [2.75, 3.05) is 5.73 Å². The van der Waals surface area contributed by atoms with Crippen molar-refractivity contribution in [3.63, 3.8) is 0 Å². The molecule has 0 fully saturated rings. The van der Waals surface area contributed by atoms with E-state index in [2.05, 4.69) is 15.9 Å². The van der Waals surface area contributed by atoms with Crippen LogP contribution in [0.3, 0.4) is 0 Å². The number of hydrogen-bond acceptors (Lipinski definition) is 3. The van der Waals surface area contributed by atoms with Gasteiger partial charge in [-0.1, -0.05) is 18.2 Å². The van der Waals surface area contributed by atoms with Gasteiger partial charge in [0.05, 0.1) is 10.6 Å². The number of nitrogens with two attached hydrogens (primary N) is 1. The van der Waals surface area contributed by atoms with Crippen LogP contribution < -0.4 is 5.73 Å². The van der Waals surface area contributed by atoms with E-state index in [9.17, 15) is 12.8 Å². The van der Waals surface area contributed by atoms with Crippen LogP contribution in [0, 0.1) is 5.82 Å². The molecule has 2 rings (SSSR count). The summed E-state index contributed by atoms with van der Waals surface area (Å²) in [6, 6.07) is 9.97. The highest BCUT2D eigenvalue weighted by molar-refractivity contribution is 9.10. The van der Waals surface area contributed by atoms with Crippen molar-refractivity contribution < 1.29 is 12.8 Å². The third-order valence-corrected chi connectivity index (χ3v) is 5.24. The molecule has 0 saturated heterocycles. The first-order chi connectivity index (χ1) is 8.90. The first kappa shape index (κ1) is 14.0. The van der Waals surface area contributed by atoms with Crippen molar-refractivity contribution >= 4 is 31.5 Å². The van der Waals surface area contributed by atoms with Gasteiger partial charge in [0.1, 0.15) is 5.82 Å². The highest BCUT2D eigenvalue weighted by Crippen LogP contribution is 2.27. The Morgan fingerprint density at radius 2 is 1.84 bits per heavy atom. The number of hydrogen-bond donors (Lipinski definition) is 1. The van der Waals surface area contributed by atoms with Gasteiger partial charge >= 0.3 is 0 Å². The fraction of sp³-hybridized carbons (Fsp3) is 0.0769. The summed E-state index contributed by atoms with van der Waals surface area (Å²) in [5.74, 6) is -0.810. The molecule has 0 saturated carbocycles. The second-order valence-electron chi connectivity index (χ2n) is 4.04. The molecule has 0 unspecified atom stereocenters. The smallest absolute Gasteiger partial charge is 0.182 e. The molecule has 0 aromatic heterocycles. The Hall–Kier alpha value is -1.40. The predicted octanol–water partition coefficient (Wildman–Crippen LogP) is 3.14. The van der Waals surface area contributed by atoms with Crippen LogP contribution in [0.25, 0.3) is 0 Å². The summed E-state index contributed by atoms with van der Waals surface area (Å²) in [4.78, 5) is -0.0400. The van der Waals surface area contributed by atoms with E-state index < -0.39 is 15.7 Å². The van der Waals surface area contributed by atoms with Gasteiger partial charge in [0, 0.05) is 10.2 Å². The van der Waals surface area contributed by atoms with E-state index in [-0.39, 0.29) is 10.6 Å². The standard InChI is InChI=1S/C13H11BrFNO2S/c14-13-9(3-1-6-12(13)16)8-19(17,18)11-5-2-4-10(15)7-11/h1-7H,8,16H2. The van der Waals surface area contributed by atoms with Crippen LogP contribution >= 0.6 is 15.9 Å². The second-order valence-corrected chi connectivity index (χ2v) is 6.82. The predicted molar refractivity (Wildman–Crippen MR) is 75.8 cm³/mol. The number of anilines is 1. The van der Waals surface area contributed by atoms with Gasteiger partial charge in [-0.25, -0.2) is 12.8 Å². The van der Waals surface area contributed by atoms with Crippen molar-refractivity contribution in [3.8, 4) is 0 Å². The van der Waals surface area contributed by atoms with E-state index in [1.165, 1.54) is 18.2 Å². The SMILES string of the molecule is Nc1cccc(CS(=O)(=O)c2cccc(F)c2)c1Br. The van der Waals surface area contributed by atoms with E-state index in [0.29, 0.717) is 15.7 Å². The van der Waals surface area contributed by atoms with Crippen molar-refractivity contribution in [3.05, 3.63) is 58.3 Å². The van der Waals surface area contributed by atoms with Crippen molar-refractivity contribution in [2.24, 2.45) is 0 Å². The average Bonchev–Trinajstić information content (AvgIpc) is 2.35. The molecule has 0 heterocycles. The van der Waals surface area contributed by atoms with E-state index in [1.807, 2.05) is 0 Å². The number of rotatable bonds is 3. The Bertz CT molecular complexity index is 716. The van der Waals surface area contributed by atoms with Gasteiger partial charge in [-0.15, -0.1) is 0 Å². The van der Waals surface area contributed by atoms with Crippen LogP contribution in [0.5, 0.6) is 0 Å². The van der Waals surface area contributed by atoms with Gasteiger partial charge in [-0.2, -0.15) is 0 Å². The zero-order valence-electron chi connectivity index (χ0n) is 9.81. The Labute approximate surface area is 119 Å². The molecule has 0 spiro atoms. The lowest BCUT2D eigenvalue weighted by molar-refractivity contribution is 0.590. The highest BCUT2D eigenvalue weighted by Gasteiger charge is 2.18. The molecule has 0 aliphatic heterocycles. The van der Waals surface area contributed by atoms with Gasteiger partial charge in [0.25, 0.3) is 0 Å². The van der Waals surface area contributed by atoms with Gasteiger partial charge in [-0.3, -0.25) is 0 Å². The maximum atomic E-state index is 13.1. The summed E-state index contributed by atoms with van der Waals surface area (Å²) >= 11 is 3.26. The number of nitrogen functional groups attached to an aromatic ring is 1. The van der Waals surface area contributed by atoms with Crippen LogP contribution in [0.4, 0.5) is 10.1 Å². The Balaban J connectivity index is 2.39. The Kier molecular flexibility index (Phi) is 3.91. The summed E-state index contributed by atoms with van der Waals surface area (Å²) in [7, 11) is -3.60. The molecule has 3 nitrogen and oxygen atoms in total. The van der Waals surface area contributed by atoms with Gasteiger partial charge in [0.2, 0.25) is 0 Å². The highest BCUT2D eigenvalue weighted by atomic mass is 79.9. The third kappa shape index (κ3) is 3.13. The molecular weight excluding hydrogens is 333 g/mol. The monoisotopic (exact) mass is 343 g/mol. The van der Waals surface area contributed by atoms with E-state index in [1.54, 1.807) is 18.2 Å². The normalized spacial score (nSPS) is 11.5. The molecule has 2 aromatic carbocycles. The molecular formula is C13H11BrFNO2S. The molecule has 0 radical (unpaired) electrons. The number of sulfone groups is 1. The first-order valence-corrected chi connectivity index (χ1v) is 7.86. The number of benzene rings is 2. The molecule has 0 aliphatic carbocycles. The van der Waals surface area contributed by atoms with Crippen LogP contribution in [-0.4, -0.2) is 8.42 Å². The van der Waals surface area contributed by atoms with Crippen LogP contribution in [-0.2, 0) is 15.6 Å². The Morgan fingerprint density at radius 3 is 2.53 bits per heavy atom. The maximum absolute atomic E-state index is 13.1. The third-order valence-electron chi connectivity index (χ3n) is 2.61. The lowest BCUT2D eigenvalue weighted by Gasteiger charge is -2.08. The van der Waals surface area contributed by atoms with Crippen molar-refractivity contribution in [2.45, 2.75) is 10.6 Å². The molecule has 0 amide bonds. The minimum atomic E-state index is -3.60. The number of halogens is 2. The lowest BCUT2D eigenvalue weighted by Crippen LogP contribution is -2.06. The molecule has 19 heavy (non-hydrogen) atoms. The molecule has 100 valence electrons. The van der Waals surface area contributed by atoms with Crippen molar-refractivity contribution in [1.29, 1.82) is 0 Å². The topological polar surface area (TPSA) is 60.2 Å². The van der Waals surface area contributed by atoms with Crippen LogP contribution in [0.1, 0.15) is 5.56 Å². The summed E-state index contributed by atoms with van der Waals surface area (Å²) in [5.41, 5.74) is 6.71. The second kappa shape index (κ2) is 5.30. The summed E-state index contributed by atoms with van der Waals surface area (Å²) in [6.07, 6.45) is 0. The molecule has 2 aromatic rings. The molecule has 0 atom stereocenters. The van der Waals surface area contributed by atoms with Gasteiger partial charge < -0.3 is 5.73 Å². The van der Waals surface area contributed by atoms with E-state index >= 15 is 0 Å². The first-order valence-electron chi connectivity index (χ1n) is 5.41. The van der Waals surface area contributed by atoms with E-state index in [4.69, 9.17) is 5.73 Å². The summed E-state index contributed by atoms with van der Waals surface area (Å²) in [6.45, 7) is 0. The zero-order chi connectivity index (χ0) is 14.0. The molecule has 2 N–H and O–H groups in total. The quantitative estimate of drug-likeness (QED) is 0.871. The molecule has 0 aliphatic rings. The van der Waals surface area contributed by atoms with Crippen LogP contribution in [0.15, 0.2) is 51.8 Å². The van der Waals surface area contributed by atoms with Gasteiger partial charge in [0.15, 0.2) is 9.84 Å². The minimum Gasteiger partial charge on any atom is -0.398 e. The molecule has 0 bridgehead atoms. The largest absolute Gasteiger partial charge is 0.398 e. The average molecular weight is 344 g/mol. The van der Waals surface area contributed by atoms with Crippen LogP contribution in [0.2, 0.25) is 0 Å². The minimum absolute atomic E-state index is 0.0400. The summed E-state index contributed by atoms with van der Waals surface area (Å²) in [5, 5.41) is 0. The fourth-order valence-corrected chi connectivity index (χ4v) is 3.64. The van der Waals surface area contributed by atoms with Gasteiger partial charge in [-0.05, 0) is 45.8 Å². The maximum Gasteiger partial charge on any atom is 0.182 e. The lowest BCUT2D eigenvalue weighted by atomic mass is 10.2. The summed E-state index contributed by atoms with van der Waals surface area (Å²) < 4.78 is 38.0.